The van der Waals surface area contributed by atoms with Crippen LogP contribution >= 0.6 is 11.6 Å². The van der Waals surface area contributed by atoms with Crippen molar-refractivity contribution in [1.82, 2.24) is 9.62 Å². The van der Waals surface area contributed by atoms with E-state index in [1.165, 1.54) is 29.6 Å². The van der Waals surface area contributed by atoms with Gasteiger partial charge in [-0.3, -0.25) is 4.79 Å². The van der Waals surface area contributed by atoms with E-state index in [9.17, 15) is 13.2 Å². The summed E-state index contributed by atoms with van der Waals surface area (Å²) in [7, 11) is -2.45. The van der Waals surface area contributed by atoms with E-state index >= 15 is 0 Å². The number of hydrogen-bond acceptors (Lipinski definition) is 4. The normalized spacial score (nSPS) is 11.4. The maximum Gasteiger partial charge on any atom is 0.243 e. The third kappa shape index (κ3) is 5.95. The molecule has 0 atom stereocenters. The molecule has 0 saturated carbocycles. The average Bonchev–Trinajstić information content (AvgIpc) is 2.70. The minimum Gasteiger partial charge on any atom is -0.495 e. The molecule has 2 aromatic carbocycles. The van der Waals surface area contributed by atoms with Crippen LogP contribution in [0.3, 0.4) is 0 Å². The number of benzene rings is 2. The van der Waals surface area contributed by atoms with Crippen molar-refractivity contribution < 1.29 is 17.9 Å². The fourth-order valence-electron chi connectivity index (χ4n) is 2.62. The third-order valence-electron chi connectivity index (χ3n) is 4.15. The molecule has 0 aliphatic rings. The molecule has 0 bridgehead atoms. The highest BCUT2D eigenvalue weighted by molar-refractivity contribution is 7.89. The largest absolute Gasteiger partial charge is 0.495 e. The van der Waals surface area contributed by atoms with Crippen molar-refractivity contribution in [2.24, 2.45) is 0 Å². The van der Waals surface area contributed by atoms with Gasteiger partial charge in [0.25, 0.3) is 0 Å². The lowest BCUT2D eigenvalue weighted by Gasteiger charge is -2.22. The highest BCUT2D eigenvalue weighted by atomic mass is 35.5. The maximum atomic E-state index is 13.2. The van der Waals surface area contributed by atoms with Crippen molar-refractivity contribution in [2.45, 2.75) is 24.7 Å². The van der Waals surface area contributed by atoms with Crippen LogP contribution in [-0.2, 0) is 21.2 Å². The van der Waals surface area contributed by atoms with Crippen molar-refractivity contribution in [3.05, 3.63) is 59.1 Å². The minimum atomic E-state index is -3.91. The molecule has 0 aromatic heterocycles. The highest BCUT2D eigenvalue weighted by Crippen LogP contribution is 2.28. The second kappa shape index (κ2) is 10.5. The molecule has 0 radical (unpaired) electrons. The number of nitrogens with one attached hydrogen (secondary N) is 1. The van der Waals surface area contributed by atoms with Gasteiger partial charge in [-0.25, -0.2) is 8.42 Å². The first-order chi connectivity index (χ1) is 13.4. The molecule has 0 aliphatic carbocycles. The number of halogens is 1. The average molecular weight is 425 g/mol. The molecule has 0 fully saturated rings. The molecule has 6 nitrogen and oxygen atoms in total. The Bertz CT molecular complexity index is 888. The monoisotopic (exact) mass is 424 g/mol. The molecule has 0 spiro atoms. The third-order valence-corrected chi connectivity index (χ3v) is 6.28. The second-order valence-corrected chi connectivity index (χ2v) is 8.57. The summed E-state index contributed by atoms with van der Waals surface area (Å²) in [6.45, 7) is 2.36. The van der Waals surface area contributed by atoms with E-state index < -0.39 is 10.0 Å². The Morgan fingerprint density at radius 1 is 1.18 bits per heavy atom. The highest BCUT2D eigenvalue weighted by Gasteiger charge is 2.27. The van der Waals surface area contributed by atoms with Gasteiger partial charge in [-0.2, -0.15) is 4.31 Å². The summed E-state index contributed by atoms with van der Waals surface area (Å²) < 4.78 is 32.6. The van der Waals surface area contributed by atoms with E-state index in [0.717, 1.165) is 12.0 Å². The van der Waals surface area contributed by atoms with Gasteiger partial charge in [0, 0.05) is 13.1 Å². The zero-order valence-corrected chi connectivity index (χ0v) is 17.6. The van der Waals surface area contributed by atoms with Crippen LogP contribution in [0, 0.1) is 0 Å². The van der Waals surface area contributed by atoms with Gasteiger partial charge in [-0.05, 0) is 36.6 Å². The predicted octanol–water partition coefficient (Wildman–Crippen LogP) is 3.11. The number of ether oxygens (including phenoxy) is 1. The summed E-state index contributed by atoms with van der Waals surface area (Å²) in [5.74, 6) is 0.0511. The minimum absolute atomic E-state index is 0.0228. The summed E-state index contributed by atoms with van der Waals surface area (Å²) in [4.78, 5) is 12.2. The lowest BCUT2D eigenvalue weighted by atomic mass is 10.1. The Morgan fingerprint density at radius 2 is 1.89 bits per heavy atom. The summed E-state index contributed by atoms with van der Waals surface area (Å²) >= 11 is 6.10. The Kier molecular flexibility index (Phi) is 8.29. The van der Waals surface area contributed by atoms with Crippen molar-refractivity contribution in [1.29, 1.82) is 0 Å². The van der Waals surface area contributed by atoms with Gasteiger partial charge in [0.05, 0.1) is 23.6 Å². The number of methoxy groups -OCH3 is 1. The van der Waals surface area contributed by atoms with Gasteiger partial charge in [0.2, 0.25) is 15.9 Å². The quantitative estimate of drug-likeness (QED) is 0.635. The molecule has 2 aromatic rings. The number of hydrogen-bond donors (Lipinski definition) is 1. The van der Waals surface area contributed by atoms with Gasteiger partial charge in [-0.1, -0.05) is 48.9 Å². The summed E-state index contributed by atoms with van der Waals surface area (Å²) in [5, 5.41) is 2.92. The summed E-state index contributed by atoms with van der Waals surface area (Å²) in [6.07, 6.45) is 1.27. The second-order valence-electron chi connectivity index (χ2n) is 6.22. The molecule has 8 heteroatoms. The fourth-order valence-corrected chi connectivity index (χ4v) is 4.37. The van der Waals surface area contributed by atoms with Crippen LogP contribution in [0.2, 0.25) is 5.02 Å². The number of carbonyl (C=O) groups is 1. The van der Waals surface area contributed by atoms with Crippen molar-refractivity contribution in [3.8, 4) is 5.75 Å². The first-order valence-corrected chi connectivity index (χ1v) is 10.8. The topological polar surface area (TPSA) is 75.7 Å². The zero-order chi connectivity index (χ0) is 20.6. The lowest BCUT2D eigenvalue weighted by Crippen LogP contribution is -2.41. The van der Waals surface area contributed by atoms with Gasteiger partial charge >= 0.3 is 0 Å². The van der Waals surface area contributed by atoms with Crippen molar-refractivity contribution >= 4 is 27.5 Å². The number of nitrogens with zero attached hydrogens (tertiary/aromatic N) is 1. The van der Waals surface area contributed by atoms with Gasteiger partial charge in [0.1, 0.15) is 5.75 Å². The van der Waals surface area contributed by atoms with Crippen LogP contribution in [0.4, 0.5) is 0 Å². The van der Waals surface area contributed by atoms with Crippen LogP contribution in [0.25, 0.3) is 0 Å². The molecule has 0 aliphatic heterocycles. The molecule has 2 rings (SSSR count). The Balaban J connectivity index is 2.26. The van der Waals surface area contributed by atoms with Crippen LogP contribution in [0.1, 0.15) is 18.9 Å². The molecule has 0 saturated heterocycles. The fraction of sp³-hybridized carbons (Fsp3) is 0.350. The van der Waals surface area contributed by atoms with Crippen LogP contribution < -0.4 is 10.1 Å². The van der Waals surface area contributed by atoms with Crippen LogP contribution in [0.15, 0.2) is 53.4 Å². The maximum absolute atomic E-state index is 13.2. The van der Waals surface area contributed by atoms with Crippen LogP contribution in [-0.4, -0.2) is 45.4 Å². The number of rotatable bonds is 10. The number of amides is 1. The summed E-state index contributed by atoms with van der Waals surface area (Å²) in [5.41, 5.74) is 0.990. The van der Waals surface area contributed by atoms with Gasteiger partial charge in [0.15, 0.2) is 0 Å². The van der Waals surface area contributed by atoms with Crippen molar-refractivity contribution in [3.63, 3.8) is 0 Å². The molecule has 1 N–H and O–H groups in total. The van der Waals surface area contributed by atoms with E-state index in [1.54, 1.807) is 0 Å². The predicted molar refractivity (Wildman–Crippen MR) is 110 cm³/mol. The van der Waals surface area contributed by atoms with Crippen molar-refractivity contribution in [2.75, 3.05) is 26.7 Å². The molecule has 0 heterocycles. The lowest BCUT2D eigenvalue weighted by molar-refractivity contribution is -0.121. The van der Waals surface area contributed by atoms with E-state index in [1.807, 2.05) is 37.3 Å². The standard InChI is InChI=1S/C20H25ClN2O4S/c1-3-12-22-20(24)15-23(13-11-16-7-5-4-6-8-16)28(25,26)17-9-10-19(27-2)18(21)14-17/h4-10,14H,3,11-13,15H2,1-2H3,(H,22,24). The molecule has 28 heavy (non-hydrogen) atoms. The Labute approximate surface area is 171 Å². The number of sulfonamides is 1. The molecular formula is C20H25ClN2O4S. The van der Waals surface area contributed by atoms with Crippen LogP contribution in [0.5, 0.6) is 5.75 Å². The molecule has 152 valence electrons. The van der Waals surface area contributed by atoms with E-state index in [-0.39, 0.29) is 28.9 Å². The van der Waals surface area contributed by atoms with Gasteiger partial charge < -0.3 is 10.1 Å². The smallest absolute Gasteiger partial charge is 0.243 e. The van der Waals surface area contributed by atoms with E-state index in [0.29, 0.717) is 18.7 Å². The van der Waals surface area contributed by atoms with E-state index in [4.69, 9.17) is 16.3 Å². The molecular weight excluding hydrogens is 400 g/mol. The zero-order valence-electron chi connectivity index (χ0n) is 16.0. The Morgan fingerprint density at radius 3 is 2.50 bits per heavy atom. The first-order valence-electron chi connectivity index (χ1n) is 9.02. The van der Waals surface area contributed by atoms with Gasteiger partial charge in [-0.15, -0.1) is 0 Å². The molecule has 0 unspecified atom stereocenters. The number of carbonyl (C=O) groups excluding carboxylic acids is 1. The summed E-state index contributed by atoms with van der Waals surface area (Å²) in [6, 6.07) is 13.8. The van der Waals surface area contributed by atoms with E-state index in [2.05, 4.69) is 5.32 Å². The first kappa shape index (κ1) is 22.2. The molecule has 1 amide bonds. The Hall–Kier alpha value is -2.09. The SMILES string of the molecule is CCCNC(=O)CN(CCc1ccccc1)S(=O)(=O)c1ccc(OC)c(Cl)c1.